The van der Waals surface area contributed by atoms with Crippen LogP contribution in [-0.4, -0.2) is 28.0 Å². The molecule has 6 nitrogen and oxygen atoms in total. The summed E-state index contributed by atoms with van der Waals surface area (Å²) in [5.74, 6) is -0.387. The number of esters is 1. The topological polar surface area (TPSA) is 59.4 Å². The number of hydrogen-bond acceptors (Lipinski definition) is 4. The van der Waals surface area contributed by atoms with E-state index in [1.807, 2.05) is 45.0 Å². The number of nitrogens with zero attached hydrogens (tertiary/aromatic N) is 3. The zero-order valence-corrected chi connectivity index (χ0v) is 16.3. The second-order valence-electron chi connectivity index (χ2n) is 6.45. The van der Waals surface area contributed by atoms with Gasteiger partial charge in [0.05, 0.1) is 30.6 Å². The van der Waals surface area contributed by atoms with Crippen LogP contribution in [0.25, 0.3) is 0 Å². The molecule has 0 amide bonds. The van der Waals surface area contributed by atoms with E-state index in [-0.39, 0.29) is 5.97 Å². The molecule has 1 atom stereocenters. The maximum atomic E-state index is 12.6. The van der Waals surface area contributed by atoms with Crippen molar-refractivity contribution in [1.82, 2.24) is 15.1 Å². The number of methoxy groups -OCH3 is 1. The molecular formula is C19H22N4O2S. The Morgan fingerprint density at radius 3 is 2.65 bits per heavy atom. The van der Waals surface area contributed by atoms with E-state index >= 15 is 0 Å². The molecule has 3 rings (SSSR count). The predicted molar refractivity (Wildman–Crippen MR) is 105 cm³/mol. The van der Waals surface area contributed by atoms with Crippen LogP contribution in [0.4, 0.5) is 5.69 Å². The Hall–Kier alpha value is -2.67. The monoisotopic (exact) mass is 370 g/mol. The normalized spacial score (nSPS) is 17.3. The molecule has 1 aromatic heterocycles. The molecule has 0 aliphatic carbocycles. The highest BCUT2D eigenvalue weighted by atomic mass is 32.1. The van der Waals surface area contributed by atoms with Gasteiger partial charge in [0.15, 0.2) is 5.11 Å². The molecule has 7 heteroatoms. The molecule has 2 aromatic rings. The van der Waals surface area contributed by atoms with Gasteiger partial charge in [-0.05, 0) is 50.2 Å². The summed E-state index contributed by atoms with van der Waals surface area (Å²) in [6, 6.07) is 5.76. The fourth-order valence-corrected chi connectivity index (χ4v) is 3.56. The van der Waals surface area contributed by atoms with Gasteiger partial charge in [-0.1, -0.05) is 12.1 Å². The Bertz CT molecular complexity index is 916. The summed E-state index contributed by atoms with van der Waals surface area (Å²) in [6.45, 7) is 5.95. The van der Waals surface area contributed by atoms with Crippen molar-refractivity contribution in [2.24, 2.45) is 7.05 Å². The number of benzene rings is 1. The summed E-state index contributed by atoms with van der Waals surface area (Å²) in [5.41, 5.74) is 5.28. The van der Waals surface area contributed by atoms with Crippen molar-refractivity contribution in [3.63, 3.8) is 0 Å². The highest BCUT2D eigenvalue weighted by Gasteiger charge is 2.36. The van der Waals surface area contributed by atoms with Crippen LogP contribution >= 0.6 is 12.2 Å². The Kier molecular flexibility index (Phi) is 4.82. The lowest BCUT2D eigenvalue weighted by Gasteiger charge is -2.37. The fourth-order valence-electron chi connectivity index (χ4n) is 3.21. The molecular weight excluding hydrogens is 348 g/mol. The van der Waals surface area contributed by atoms with E-state index in [1.165, 1.54) is 7.11 Å². The third-order valence-electron chi connectivity index (χ3n) is 4.55. The number of nitrogens with one attached hydrogen (secondary N) is 1. The standard InChI is InChI=1S/C19H22N4O2S/c1-11-6-7-12(2)15(8-11)23-13(3)16(18(24)25-5)17(21-19(23)26)14-9-20-22(4)10-14/h6-10,17H,1-5H3,(H,21,26)/t17-/m0/s1. The van der Waals surface area contributed by atoms with Crippen LogP contribution in [0.2, 0.25) is 0 Å². The second-order valence-corrected chi connectivity index (χ2v) is 6.83. The van der Waals surface area contributed by atoms with Crippen molar-refractivity contribution in [3.8, 4) is 0 Å². The van der Waals surface area contributed by atoms with Crippen molar-refractivity contribution in [2.45, 2.75) is 26.8 Å². The molecule has 0 spiro atoms. The predicted octanol–water partition coefficient (Wildman–Crippen LogP) is 2.92. The first-order valence-electron chi connectivity index (χ1n) is 8.29. The second kappa shape index (κ2) is 6.92. The number of carbonyl (C=O) groups excluding carboxylic acids is 1. The minimum absolute atomic E-state index is 0.387. The van der Waals surface area contributed by atoms with Gasteiger partial charge < -0.3 is 10.1 Å². The third-order valence-corrected chi connectivity index (χ3v) is 4.85. The van der Waals surface area contributed by atoms with Crippen LogP contribution in [-0.2, 0) is 16.6 Å². The maximum Gasteiger partial charge on any atom is 0.337 e. The van der Waals surface area contributed by atoms with Crippen LogP contribution in [0.1, 0.15) is 29.7 Å². The smallest absolute Gasteiger partial charge is 0.337 e. The van der Waals surface area contributed by atoms with E-state index in [0.717, 1.165) is 28.1 Å². The van der Waals surface area contributed by atoms with E-state index in [4.69, 9.17) is 17.0 Å². The average Bonchev–Trinajstić information content (AvgIpc) is 3.03. The zero-order valence-electron chi connectivity index (χ0n) is 15.5. The van der Waals surface area contributed by atoms with E-state index in [2.05, 4.69) is 22.5 Å². The molecule has 0 saturated heterocycles. The van der Waals surface area contributed by atoms with Gasteiger partial charge in [0.2, 0.25) is 0 Å². The molecule has 0 saturated carbocycles. The molecule has 0 unspecified atom stereocenters. The number of anilines is 1. The number of hydrogen-bond donors (Lipinski definition) is 1. The molecule has 1 aromatic carbocycles. The quantitative estimate of drug-likeness (QED) is 0.662. The summed E-state index contributed by atoms with van der Waals surface area (Å²) in [7, 11) is 3.22. The van der Waals surface area contributed by atoms with E-state index < -0.39 is 6.04 Å². The molecule has 1 aliphatic rings. The largest absolute Gasteiger partial charge is 0.466 e. The van der Waals surface area contributed by atoms with Gasteiger partial charge in [-0.25, -0.2) is 4.79 Å². The van der Waals surface area contributed by atoms with Crippen molar-refractivity contribution in [2.75, 3.05) is 12.0 Å². The Labute approximate surface area is 158 Å². The molecule has 0 bridgehead atoms. The number of rotatable bonds is 3. The lowest BCUT2D eigenvalue weighted by atomic mass is 9.96. The molecule has 1 N–H and O–H groups in total. The first-order chi connectivity index (χ1) is 12.3. The van der Waals surface area contributed by atoms with Gasteiger partial charge in [-0.2, -0.15) is 5.10 Å². The number of ether oxygens (including phenoxy) is 1. The highest BCUT2D eigenvalue weighted by Crippen LogP contribution is 2.35. The summed E-state index contributed by atoms with van der Waals surface area (Å²) in [6.07, 6.45) is 3.59. The summed E-state index contributed by atoms with van der Waals surface area (Å²) >= 11 is 5.65. The molecule has 0 radical (unpaired) electrons. The summed E-state index contributed by atoms with van der Waals surface area (Å²) in [4.78, 5) is 14.5. The van der Waals surface area contributed by atoms with Gasteiger partial charge in [-0.15, -0.1) is 0 Å². The van der Waals surface area contributed by atoms with Gasteiger partial charge in [0.1, 0.15) is 0 Å². The molecule has 2 heterocycles. The fraction of sp³-hybridized carbons (Fsp3) is 0.316. The lowest BCUT2D eigenvalue weighted by molar-refractivity contribution is -0.136. The number of aromatic nitrogens is 2. The van der Waals surface area contributed by atoms with Gasteiger partial charge >= 0.3 is 5.97 Å². The molecule has 1 aliphatic heterocycles. The molecule has 26 heavy (non-hydrogen) atoms. The van der Waals surface area contributed by atoms with Gasteiger partial charge in [0.25, 0.3) is 0 Å². The number of aryl methyl sites for hydroxylation is 3. The van der Waals surface area contributed by atoms with Crippen molar-refractivity contribution < 1.29 is 9.53 Å². The Balaban J connectivity index is 2.18. The zero-order chi connectivity index (χ0) is 19.0. The number of thiocarbonyl (C=S) groups is 1. The number of carbonyl (C=O) groups is 1. The van der Waals surface area contributed by atoms with Gasteiger partial charge in [0, 0.05) is 24.5 Å². The minimum Gasteiger partial charge on any atom is -0.466 e. The van der Waals surface area contributed by atoms with Crippen LogP contribution < -0.4 is 10.2 Å². The summed E-state index contributed by atoms with van der Waals surface area (Å²) < 4.78 is 6.75. The SMILES string of the molecule is COC(=O)C1=C(C)N(c2cc(C)ccc2C)C(=S)N[C@H]1c1cnn(C)c1. The minimum atomic E-state index is -0.398. The van der Waals surface area contributed by atoms with Crippen molar-refractivity contribution in [1.29, 1.82) is 0 Å². The van der Waals surface area contributed by atoms with Gasteiger partial charge in [-0.3, -0.25) is 9.58 Å². The molecule has 136 valence electrons. The first-order valence-corrected chi connectivity index (χ1v) is 8.69. The van der Waals surface area contributed by atoms with E-state index in [1.54, 1.807) is 10.9 Å². The number of allylic oxidation sites excluding steroid dienone is 1. The Morgan fingerprint density at radius 1 is 1.31 bits per heavy atom. The lowest BCUT2D eigenvalue weighted by Crippen LogP contribution is -2.48. The highest BCUT2D eigenvalue weighted by molar-refractivity contribution is 7.80. The van der Waals surface area contributed by atoms with Crippen molar-refractivity contribution >= 4 is 29.0 Å². The molecule has 0 fully saturated rings. The summed E-state index contributed by atoms with van der Waals surface area (Å²) in [5, 5.41) is 8.03. The van der Waals surface area contributed by atoms with Crippen LogP contribution in [0.15, 0.2) is 41.9 Å². The maximum absolute atomic E-state index is 12.6. The Morgan fingerprint density at radius 2 is 2.04 bits per heavy atom. The first kappa shape index (κ1) is 18.1. The van der Waals surface area contributed by atoms with Crippen LogP contribution in [0.5, 0.6) is 0 Å². The van der Waals surface area contributed by atoms with E-state index in [9.17, 15) is 4.79 Å². The van der Waals surface area contributed by atoms with Crippen LogP contribution in [0.3, 0.4) is 0 Å². The van der Waals surface area contributed by atoms with Crippen LogP contribution in [0, 0.1) is 13.8 Å². The van der Waals surface area contributed by atoms with Crippen molar-refractivity contribution in [3.05, 3.63) is 58.6 Å². The third kappa shape index (κ3) is 3.10. The van der Waals surface area contributed by atoms with E-state index in [0.29, 0.717) is 10.7 Å². The average molecular weight is 370 g/mol.